The van der Waals surface area contributed by atoms with Crippen LogP contribution in [-0.4, -0.2) is 14.2 Å². The van der Waals surface area contributed by atoms with E-state index < -0.39 is 0 Å². The zero-order valence-electron chi connectivity index (χ0n) is 7.23. The number of benzene rings is 1. The molecule has 0 spiro atoms. The van der Waals surface area contributed by atoms with Gasteiger partial charge in [-0.25, -0.2) is 0 Å². The Kier molecular flexibility index (Phi) is 3.38. The molecule has 66 valence electrons. The third-order valence-electron chi connectivity index (χ3n) is 1.63. The molecule has 0 aliphatic rings. The minimum atomic E-state index is 0.689. The summed E-state index contributed by atoms with van der Waals surface area (Å²) < 4.78 is 5.07. The summed E-state index contributed by atoms with van der Waals surface area (Å²) in [6.45, 7) is 0.760. The summed E-state index contributed by atoms with van der Waals surface area (Å²) >= 11 is 6.02. The lowest BCUT2D eigenvalue weighted by molar-refractivity contribution is 0.414. The topological polar surface area (TPSA) is 21.3 Å². The predicted molar refractivity (Wildman–Crippen MR) is 50.8 cm³/mol. The van der Waals surface area contributed by atoms with Crippen molar-refractivity contribution in [2.75, 3.05) is 14.2 Å². The van der Waals surface area contributed by atoms with E-state index in [0.717, 1.165) is 17.9 Å². The monoisotopic (exact) mass is 185 g/mol. The highest BCUT2D eigenvalue weighted by atomic mass is 35.5. The molecule has 0 aliphatic carbocycles. The van der Waals surface area contributed by atoms with E-state index in [4.69, 9.17) is 16.3 Å². The maximum absolute atomic E-state index is 6.02. The molecule has 0 amide bonds. The van der Waals surface area contributed by atoms with E-state index in [-0.39, 0.29) is 0 Å². The summed E-state index contributed by atoms with van der Waals surface area (Å²) in [5.74, 6) is 0.726. The molecule has 3 heteroatoms. The molecule has 0 fully saturated rings. The van der Waals surface area contributed by atoms with Gasteiger partial charge in [-0.15, -0.1) is 0 Å². The van der Waals surface area contributed by atoms with Crippen LogP contribution in [0.4, 0.5) is 0 Å². The molecule has 1 aromatic rings. The summed E-state index contributed by atoms with van der Waals surface area (Å²) in [7, 11) is 3.50. The Labute approximate surface area is 77.5 Å². The van der Waals surface area contributed by atoms with E-state index in [9.17, 15) is 0 Å². The van der Waals surface area contributed by atoms with Crippen LogP contribution in [0.25, 0.3) is 0 Å². The normalized spacial score (nSPS) is 9.92. The molecule has 2 nitrogen and oxygen atoms in total. The average molecular weight is 186 g/mol. The third kappa shape index (κ3) is 1.90. The highest BCUT2D eigenvalue weighted by molar-refractivity contribution is 6.32. The highest BCUT2D eigenvalue weighted by Gasteiger charge is 2.03. The minimum absolute atomic E-state index is 0.689. The van der Waals surface area contributed by atoms with Crippen molar-refractivity contribution >= 4 is 11.6 Å². The quantitative estimate of drug-likeness (QED) is 0.779. The third-order valence-corrected chi connectivity index (χ3v) is 2.06. The number of hydrogen-bond donors (Lipinski definition) is 1. The van der Waals surface area contributed by atoms with E-state index in [1.165, 1.54) is 0 Å². The SMILES string of the molecule is CNCc1cccc(OC)c1Cl. The first kappa shape index (κ1) is 9.36. The van der Waals surface area contributed by atoms with Gasteiger partial charge in [-0.05, 0) is 18.7 Å². The van der Waals surface area contributed by atoms with Crippen LogP contribution in [0.15, 0.2) is 18.2 Å². The summed E-state index contributed by atoms with van der Waals surface area (Å²) in [6.07, 6.45) is 0. The molecule has 0 aliphatic heterocycles. The Morgan fingerprint density at radius 1 is 1.50 bits per heavy atom. The number of halogens is 1. The zero-order valence-corrected chi connectivity index (χ0v) is 7.98. The van der Waals surface area contributed by atoms with Gasteiger partial charge in [0.05, 0.1) is 12.1 Å². The van der Waals surface area contributed by atoms with Crippen molar-refractivity contribution in [2.45, 2.75) is 6.54 Å². The molecule has 0 atom stereocenters. The van der Waals surface area contributed by atoms with Crippen molar-refractivity contribution in [3.63, 3.8) is 0 Å². The van der Waals surface area contributed by atoms with Crippen molar-refractivity contribution in [1.29, 1.82) is 0 Å². The van der Waals surface area contributed by atoms with Crippen LogP contribution in [0, 0.1) is 0 Å². The molecule has 0 saturated carbocycles. The lowest BCUT2D eigenvalue weighted by Crippen LogP contribution is -2.05. The minimum Gasteiger partial charge on any atom is -0.495 e. The van der Waals surface area contributed by atoms with E-state index in [2.05, 4.69) is 5.32 Å². The Hall–Kier alpha value is -0.730. The molecule has 0 radical (unpaired) electrons. The van der Waals surface area contributed by atoms with Crippen molar-refractivity contribution in [3.8, 4) is 5.75 Å². The zero-order chi connectivity index (χ0) is 8.97. The van der Waals surface area contributed by atoms with Crippen LogP contribution in [-0.2, 0) is 6.54 Å². The van der Waals surface area contributed by atoms with E-state index >= 15 is 0 Å². The van der Waals surface area contributed by atoms with Gasteiger partial charge in [0, 0.05) is 6.54 Å². The summed E-state index contributed by atoms with van der Waals surface area (Å²) in [4.78, 5) is 0. The van der Waals surface area contributed by atoms with Crippen LogP contribution in [0.1, 0.15) is 5.56 Å². The van der Waals surface area contributed by atoms with Crippen molar-refractivity contribution in [3.05, 3.63) is 28.8 Å². The van der Waals surface area contributed by atoms with Gasteiger partial charge >= 0.3 is 0 Å². The second-order valence-electron chi connectivity index (χ2n) is 2.46. The smallest absolute Gasteiger partial charge is 0.137 e. The molecule has 0 saturated heterocycles. The summed E-state index contributed by atoms with van der Waals surface area (Å²) in [5, 5.41) is 3.73. The lowest BCUT2D eigenvalue weighted by atomic mass is 10.2. The van der Waals surface area contributed by atoms with E-state index in [1.54, 1.807) is 7.11 Å². The fourth-order valence-corrected chi connectivity index (χ4v) is 1.31. The molecular formula is C9H12ClNO. The second-order valence-corrected chi connectivity index (χ2v) is 2.84. The van der Waals surface area contributed by atoms with Gasteiger partial charge in [0.15, 0.2) is 0 Å². The highest BCUT2D eigenvalue weighted by Crippen LogP contribution is 2.27. The predicted octanol–water partition coefficient (Wildman–Crippen LogP) is 2.07. The number of methoxy groups -OCH3 is 1. The van der Waals surface area contributed by atoms with Crippen molar-refractivity contribution in [1.82, 2.24) is 5.32 Å². The second kappa shape index (κ2) is 4.33. The number of hydrogen-bond acceptors (Lipinski definition) is 2. The maximum Gasteiger partial charge on any atom is 0.137 e. The first-order valence-electron chi connectivity index (χ1n) is 3.75. The Morgan fingerprint density at radius 3 is 2.83 bits per heavy atom. The molecule has 0 aromatic heterocycles. The number of nitrogens with one attached hydrogen (secondary N) is 1. The largest absolute Gasteiger partial charge is 0.495 e. The van der Waals surface area contributed by atoms with Crippen LogP contribution < -0.4 is 10.1 Å². The first-order chi connectivity index (χ1) is 5.79. The number of rotatable bonds is 3. The van der Waals surface area contributed by atoms with Crippen LogP contribution in [0.5, 0.6) is 5.75 Å². The summed E-state index contributed by atoms with van der Waals surface area (Å²) in [5.41, 5.74) is 1.05. The maximum atomic E-state index is 6.02. The van der Waals surface area contributed by atoms with Gasteiger partial charge in [-0.3, -0.25) is 0 Å². The Morgan fingerprint density at radius 2 is 2.25 bits per heavy atom. The van der Waals surface area contributed by atoms with Gasteiger partial charge in [0.2, 0.25) is 0 Å². The molecule has 0 unspecified atom stereocenters. The Bertz CT molecular complexity index is 263. The molecule has 12 heavy (non-hydrogen) atoms. The van der Waals surface area contributed by atoms with Gasteiger partial charge in [0.1, 0.15) is 5.75 Å². The molecule has 1 N–H and O–H groups in total. The van der Waals surface area contributed by atoms with Crippen LogP contribution in [0.3, 0.4) is 0 Å². The average Bonchev–Trinajstić information content (AvgIpc) is 2.09. The summed E-state index contributed by atoms with van der Waals surface area (Å²) in [6, 6.07) is 5.75. The fourth-order valence-electron chi connectivity index (χ4n) is 1.04. The van der Waals surface area contributed by atoms with E-state index in [0.29, 0.717) is 5.02 Å². The first-order valence-corrected chi connectivity index (χ1v) is 4.13. The molecule has 0 bridgehead atoms. The molecule has 1 aromatic carbocycles. The Balaban J connectivity index is 2.97. The van der Waals surface area contributed by atoms with Crippen molar-refractivity contribution < 1.29 is 4.74 Å². The van der Waals surface area contributed by atoms with Gasteiger partial charge < -0.3 is 10.1 Å². The van der Waals surface area contributed by atoms with Gasteiger partial charge in [-0.2, -0.15) is 0 Å². The molecule has 1 rings (SSSR count). The standard InChI is InChI=1S/C9H12ClNO/c1-11-6-7-4-3-5-8(12-2)9(7)10/h3-5,11H,6H2,1-2H3. The molecular weight excluding hydrogens is 174 g/mol. The fraction of sp³-hybridized carbons (Fsp3) is 0.333. The van der Waals surface area contributed by atoms with Gasteiger partial charge in [-0.1, -0.05) is 23.7 Å². The van der Waals surface area contributed by atoms with Crippen LogP contribution in [0.2, 0.25) is 5.02 Å². The van der Waals surface area contributed by atoms with Crippen molar-refractivity contribution in [2.24, 2.45) is 0 Å². The lowest BCUT2D eigenvalue weighted by Gasteiger charge is -2.07. The van der Waals surface area contributed by atoms with E-state index in [1.807, 2.05) is 25.2 Å². The number of ether oxygens (including phenoxy) is 1. The molecule has 0 heterocycles. The van der Waals surface area contributed by atoms with Gasteiger partial charge in [0.25, 0.3) is 0 Å². The van der Waals surface area contributed by atoms with Crippen LogP contribution >= 0.6 is 11.6 Å².